The number of fused-ring (bicyclic) bond motifs is 1. The normalized spacial score (nSPS) is 12.1. The van der Waals surface area contributed by atoms with Crippen LogP contribution in [0.5, 0.6) is 17.2 Å². The molecule has 27 heavy (non-hydrogen) atoms. The zero-order chi connectivity index (χ0) is 18.9. The van der Waals surface area contributed by atoms with Crippen LogP contribution in [-0.2, 0) is 9.53 Å². The lowest BCUT2D eigenvalue weighted by Gasteiger charge is -2.18. The van der Waals surface area contributed by atoms with Gasteiger partial charge in [-0.2, -0.15) is 0 Å². The number of para-hydroxylation sites is 1. The first-order chi connectivity index (χ1) is 13.2. The number of nitrogens with one attached hydrogen (secondary N) is 2. The predicted octanol–water partition coefficient (Wildman–Crippen LogP) is 1.31. The van der Waals surface area contributed by atoms with Crippen molar-refractivity contribution in [1.29, 1.82) is 0 Å². The van der Waals surface area contributed by atoms with Crippen molar-refractivity contribution < 1.29 is 28.5 Å². The van der Waals surface area contributed by atoms with E-state index >= 15 is 0 Å². The predicted molar refractivity (Wildman–Crippen MR) is 95.8 cm³/mol. The fourth-order valence-electron chi connectivity index (χ4n) is 2.32. The Balaban J connectivity index is 1.33. The number of carbonyl (C=O) groups excluding carboxylic acids is 2. The van der Waals surface area contributed by atoms with Crippen LogP contribution < -0.4 is 25.1 Å². The quantitative estimate of drug-likeness (QED) is 0.562. The molecule has 1 aliphatic heterocycles. The van der Waals surface area contributed by atoms with Gasteiger partial charge in [-0.1, -0.05) is 18.2 Å². The molecule has 2 aromatic rings. The molecule has 8 nitrogen and oxygen atoms in total. The van der Waals surface area contributed by atoms with Gasteiger partial charge < -0.3 is 18.9 Å². The van der Waals surface area contributed by atoms with Crippen LogP contribution in [0.3, 0.4) is 0 Å². The van der Waals surface area contributed by atoms with E-state index in [0.29, 0.717) is 36.9 Å². The maximum Gasteiger partial charge on any atom is 0.269 e. The Labute approximate surface area is 156 Å². The molecule has 0 aliphatic carbocycles. The third-order valence-electron chi connectivity index (χ3n) is 3.59. The molecule has 2 amide bonds. The van der Waals surface area contributed by atoms with Gasteiger partial charge in [0.05, 0.1) is 6.61 Å². The molecule has 2 N–H and O–H groups in total. The smallest absolute Gasteiger partial charge is 0.269 e. The van der Waals surface area contributed by atoms with Gasteiger partial charge in [-0.05, 0) is 30.3 Å². The number of hydrogen-bond donors (Lipinski definition) is 2. The fourth-order valence-corrected chi connectivity index (χ4v) is 2.32. The molecule has 1 aliphatic rings. The average Bonchev–Trinajstić information content (AvgIpc) is 2.72. The molecule has 0 bridgehead atoms. The van der Waals surface area contributed by atoms with Crippen molar-refractivity contribution in [2.24, 2.45) is 0 Å². The van der Waals surface area contributed by atoms with E-state index in [1.54, 1.807) is 18.2 Å². The minimum absolute atomic E-state index is 0.195. The Morgan fingerprint density at radius 1 is 0.926 bits per heavy atom. The third kappa shape index (κ3) is 5.61. The molecule has 0 unspecified atom stereocenters. The second kappa shape index (κ2) is 9.44. The van der Waals surface area contributed by atoms with Gasteiger partial charge in [-0.15, -0.1) is 0 Å². The van der Waals surface area contributed by atoms with Crippen molar-refractivity contribution in [3.8, 4) is 17.2 Å². The minimum atomic E-state index is -0.472. The molecule has 0 saturated carbocycles. The number of ether oxygens (including phenoxy) is 4. The van der Waals surface area contributed by atoms with E-state index in [9.17, 15) is 9.59 Å². The summed E-state index contributed by atoms with van der Waals surface area (Å²) in [4.78, 5) is 23.8. The van der Waals surface area contributed by atoms with Crippen LogP contribution in [0.25, 0.3) is 0 Å². The Morgan fingerprint density at radius 2 is 1.70 bits per heavy atom. The number of hydrazine groups is 1. The zero-order valence-electron chi connectivity index (χ0n) is 14.6. The minimum Gasteiger partial charge on any atom is -0.491 e. The number of carbonyl (C=O) groups is 2. The first-order valence-corrected chi connectivity index (χ1v) is 8.47. The van der Waals surface area contributed by atoms with Crippen molar-refractivity contribution in [1.82, 2.24) is 10.9 Å². The maximum atomic E-state index is 12.1. The molecule has 0 spiro atoms. The lowest BCUT2D eigenvalue weighted by molar-refractivity contribution is -0.126. The van der Waals surface area contributed by atoms with Crippen molar-refractivity contribution >= 4 is 11.8 Å². The molecule has 0 saturated heterocycles. The second-order valence-corrected chi connectivity index (χ2v) is 5.57. The summed E-state index contributed by atoms with van der Waals surface area (Å²) < 4.78 is 21.5. The van der Waals surface area contributed by atoms with Crippen molar-refractivity contribution in [2.45, 2.75) is 0 Å². The van der Waals surface area contributed by atoms with Crippen LogP contribution >= 0.6 is 0 Å². The zero-order valence-corrected chi connectivity index (χ0v) is 14.6. The van der Waals surface area contributed by atoms with Crippen molar-refractivity contribution in [3.63, 3.8) is 0 Å². The van der Waals surface area contributed by atoms with Crippen LogP contribution in [-0.4, -0.2) is 44.8 Å². The molecule has 3 rings (SSSR count). The van der Waals surface area contributed by atoms with Gasteiger partial charge >= 0.3 is 0 Å². The first-order valence-electron chi connectivity index (χ1n) is 8.47. The van der Waals surface area contributed by atoms with Gasteiger partial charge in [0.25, 0.3) is 11.8 Å². The van der Waals surface area contributed by atoms with Crippen LogP contribution in [0.1, 0.15) is 10.4 Å². The van der Waals surface area contributed by atoms with Gasteiger partial charge in [0.2, 0.25) is 0 Å². The Kier molecular flexibility index (Phi) is 6.48. The third-order valence-corrected chi connectivity index (χ3v) is 3.59. The van der Waals surface area contributed by atoms with E-state index in [2.05, 4.69) is 10.9 Å². The van der Waals surface area contributed by atoms with E-state index in [1.807, 2.05) is 30.3 Å². The number of hydrogen-bond acceptors (Lipinski definition) is 6. The van der Waals surface area contributed by atoms with E-state index in [1.165, 1.54) is 0 Å². The molecule has 2 aromatic carbocycles. The second-order valence-electron chi connectivity index (χ2n) is 5.57. The van der Waals surface area contributed by atoms with Crippen LogP contribution in [0.15, 0.2) is 48.5 Å². The van der Waals surface area contributed by atoms with Crippen LogP contribution in [0.2, 0.25) is 0 Å². The molecule has 0 aromatic heterocycles. The van der Waals surface area contributed by atoms with Gasteiger partial charge in [0, 0.05) is 5.56 Å². The summed E-state index contributed by atoms with van der Waals surface area (Å²) in [5, 5.41) is 0. The molecule has 8 heteroatoms. The highest BCUT2D eigenvalue weighted by Gasteiger charge is 2.15. The number of amides is 2. The van der Waals surface area contributed by atoms with Crippen molar-refractivity contribution in [3.05, 3.63) is 54.1 Å². The topological polar surface area (TPSA) is 95.1 Å². The van der Waals surface area contributed by atoms with E-state index in [4.69, 9.17) is 18.9 Å². The summed E-state index contributed by atoms with van der Waals surface area (Å²) >= 11 is 0. The summed E-state index contributed by atoms with van der Waals surface area (Å²) in [7, 11) is 0. The SMILES string of the molecule is O=C(COCCOc1ccccc1)NNC(=O)c1ccc2c(c1)OCCO2. The number of rotatable bonds is 7. The van der Waals surface area contributed by atoms with E-state index in [-0.39, 0.29) is 13.2 Å². The Morgan fingerprint density at radius 3 is 2.52 bits per heavy atom. The number of benzene rings is 2. The summed E-state index contributed by atoms with van der Waals surface area (Å²) in [6.07, 6.45) is 0. The summed E-state index contributed by atoms with van der Waals surface area (Å²) in [5.74, 6) is 0.889. The Hall–Kier alpha value is -3.26. The standard InChI is InChI=1S/C19H20N2O6/c22-18(13-24-8-9-25-15-4-2-1-3-5-15)20-21-19(23)14-6-7-16-17(12-14)27-11-10-26-16/h1-7,12H,8-11,13H2,(H,20,22)(H,21,23). The molecule has 142 valence electrons. The molecule has 0 atom stereocenters. The summed E-state index contributed by atoms with van der Waals surface area (Å²) in [6, 6.07) is 14.1. The summed E-state index contributed by atoms with van der Waals surface area (Å²) in [5.41, 5.74) is 4.96. The largest absolute Gasteiger partial charge is 0.491 e. The summed E-state index contributed by atoms with van der Waals surface area (Å²) in [6.45, 7) is 1.28. The lowest BCUT2D eigenvalue weighted by Crippen LogP contribution is -2.43. The molecular weight excluding hydrogens is 352 g/mol. The monoisotopic (exact) mass is 372 g/mol. The highest BCUT2D eigenvalue weighted by molar-refractivity contribution is 5.96. The first kappa shape index (κ1) is 18.5. The molecule has 0 fully saturated rings. The van der Waals surface area contributed by atoms with E-state index < -0.39 is 11.8 Å². The van der Waals surface area contributed by atoms with Gasteiger partial charge in [0.15, 0.2) is 11.5 Å². The van der Waals surface area contributed by atoms with Crippen molar-refractivity contribution in [2.75, 3.05) is 33.0 Å². The molecule has 0 radical (unpaired) electrons. The lowest BCUT2D eigenvalue weighted by atomic mass is 10.2. The van der Waals surface area contributed by atoms with Gasteiger partial charge in [0.1, 0.15) is 32.2 Å². The molecular formula is C19H20N2O6. The van der Waals surface area contributed by atoms with Gasteiger partial charge in [-0.3, -0.25) is 20.4 Å². The molecule has 1 heterocycles. The highest BCUT2D eigenvalue weighted by atomic mass is 16.6. The van der Waals surface area contributed by atoms with Crippen LogP contribution in [0, 0.1) is 0 Å². The van der Waals surface area contributed by atoms with Gasteiger partial charge in [-0.25, -0.2) is 0 Å². The van der Waals surface area contributed by atoms with Crippen LogP contribution in [0.4, 0.5) is 0 Å². The highest BCUT2D eigenvalue weighted by Crippen LogP contribution is 2.30. The van der Waals surface area contributed by atoms with E-state index in [0.717, 1.165) is 5.75 Å². The maximum absolute atomic E-state index is 12.1. The average molecular weight is 372 g/mol. The Bertz CT molecular complexity index is 781. The fraction of sp³-hybridized carbons (Fsp3) is 0.263.